The molecular weight excluding hydrogens is 192 g/mol. The number of ether oxygens (including phenoxy) is 1. The molecular formula is C12H18OS. The molecule has 0 aliphatic rings. The van der Waals surface area contributed by atoms with Gasteiger partial charge in [-0.1, -0.05) is 38.0 Å². The molecule has 1 rings (SSSR count). The van der Waals surface area contributed by atoms with Gasteiger partial charge in [-0.2, -0.15) is 0 Å². The molecule has 0 bridgehead atoms. The van der Waals surface area contributed by atoms with Crippen LogP contribution in [0.5, 0.6) is 5.75 Å². The molecule has 14 heavy (non-hydrogen) atoms. The van der Waals surface area contributed by atoms with Gasteiger partial charge in [0, 0.05) is 0 Å². The molecule has 1 nitrogen and oxygen atoms in total. The number of rotatable bonds is 6. The number of hydrogen-bond donors (Lipinski definition) is 1. The molecule has 0 saturated carbocycles. The predicted molar refractivity (Wildman–Crippen MR) is 64.0 cm³/mol. The van der Waals surface area contributed by atoms with Crippen molar-refractivity contribution in [2.45, 2.75) is 38.0 Å². The van der Waals surface area contributed by atoms with Gasteiger partial charge < -0.3 is 4.74 Å². The fourth-order valence-electron chi connectivity index (χ4n) is 1.28. The summed E-state index contributed by atoms with van der Waals surface area (Å²) in [4.78, 5) is 0. The fraction of sp³-hybridized carbons (Fsp3) is 0.500. The van der Waals surface area contributed by atoms with E-state index in [-0.39, 0.29) is 5.44 Å². The Labute approximate surface area is 91.9 Å². The summed E-state index contributed by atoms with van der Waals surface area (Å²) in [6.45, 7) is 2.20. The molecule has 0 fully saturated rings. The monoisotopic (exact) mass is 210 g/mol. The van der Waals surface area contributed by atoms with E-state index in [9.17, 15) is 0 Å². The molecule has 1 aromatic rings. The van der Waals surface area contributed by atoms with Crippen molar-refractivity contribution in [3.8, 4) is 5.75 Å². The summed E-state index contributed by atoms with van der Waals surface area (Å²) in [6, 6.07) is 9.85. The second kappa shape index (κ2) is 6.77. The van der Waals surface area contributed by atoms with Gasteiger partial charge in [0.05, 0.1) is 0 Å². The van der Waals surface area contributed by atoms with E-state index >= 15 is 0 Å². The minimum absolute atomic E-state index is 0.0314. The Morgan fingerprint density at radius 1 is 1.21 bits per heavy atom. The van der Waals surface area contributed by atoms with Crippen molar-refractivity contribution in [1.29, 1.82) is 0 Å². The number of para-hydroxylation sites is 1. The van der Waals surface area contributed by atoms with Gasteiger partial charge in [0.15, 0.2) is 0 Å². The third-order valence-corrected chi connectivity index (χ3v) is 2.43. The summed E-state index contributed by atoms with van der Waals surface area (Å²) in [5.74, 6) is 0.906. The van der Waals surface area contributed by atoms with Crippen LogP contribution < -0.4 is 4.74 Å². The van der Waals surface area contributed by atoms with Gasteiger partial charge in [0.1, 0.15) is 11.2 Å². The molecule has 0 saturated heterocycles. The standard InChI is InChI=1S/C12H18OS/c1-2-3-5-10-12(14)13-11-8-6-4-7-9-11/h4,6-9,12,14H,2-3,5,10H2,1H3. The normalized spacial score (nSPS) is 12.4. The first-order valence-electron chi connectivity index (χ1n) is 5.22. The number of unbranched alkanes of at least 4 members (excludes halogenated alkanes) is 2. The Balaban J connectivity index is 2.23. The van der Waals surface area contributed by atoms with Crippen LogP contribution >= 0.6 is 12.6 Å². The maximum absolute atomic E-state index is 5.63. The van der Waals surface area contributed by atoms with Gasteiger partial charge in [0.25, 0.3) is 0 Å². The van der Waals surface area contributed by atoms with Crippen molar-refractivity contribution in [3.63, 3.8) is 0 Å². The van der Waals surface area contributed by atoms with Crippen LogP contribution in [-0.4, -0.2) is 5.44 Å². The topological polar surface area (TPSA) is 9.23 Å². The third kappa shape index (κ3) is 4.56. The van der Waals surface area contributed by atoms with Crippen molar-refractivity contribution in [1.82, 2.24) is 0 Å². The highest BCUT2D eigenvalue weighted by Gasteiger charge is 2.03. The van der Waals surface area contributed by atoms with Crippen LogP contribution in [0.25, 0.3) is 0 Å². The molecule has 0 aromatic heterocycles. The average Bonchev–Trinajstić information content (AvgIpc) is 2.20. The number of thiol groups is 1. The zero-order valence-electron chi connectivity index (χ0n) is 8.65. The van der Waals surface area contributed by atoms with Crippen molar-refractivity contribution in [3.05, 3.63) is 30.3 Å². The van der Waals surface area contributed by atoms with Crippen molar-refractivity contribution in [2.24, 2.45) is 0 Å². The summed E-state index contributed by atoms with van der Waals surface area (Å²) in [5, 5.41) is 0. The first-order valence-corrected chi connectivity index (χ1v) is 5.74. The van der Waals surface area contributed by atoms with Crippen LogP contribution in [-0.2, 0) is 0 Å². The second-order valence-electron chi connectivity index (χ2n) is 3.38. The molecule has 2 heteroatoms. The first kappa shape index (κ1) is 11.4. The molecule has 0 aliphatic heterocycles. The van der Waals surface area contributed by atoms with Crippen LogP contribution in [0, 0.1) is 0 Å². The van der Waals surface area contributed by atoms with E-state index in [1.54, 1.807) is 0 Å². The van der Waals surface area contributed by atoms with Gasteiger partial charge in [-0.3, -0.25) is 0 Å². The number of benzene rings is 1. The fourth-order valence-corrected chi connectivity index (χ4v) is 1.59. The SMILES string of the molecule is CCCCCC(S)Oc1ccccc1. The highest BCUT2D eigenvalue weighted by Crippen LogP contribution is 2.16. The van der Waals surface area contributed by atoms with E-state index in [1.165, 1.54) is 19.3 Å². The molecule has 0 heterocycles. The van der Waals surface area contributed by atoms with E-state index in [1.807, 2.05) is 30.3 Å². The molecule has 1 atom stereocenters. The highest BCUT2D eigenvalue weighted by atomic mass is 32.1. The van der Waals surface area contributed by atoms with E-state index in [2.05, 4.69) is 19.6 Å². The predicted octanol–water partition coefficient (Wildman–Crippen LogP) is 3.90. The Bertz CT molecular complexity index is 235. The summed E-state index contributed by atoms with van der Waals surface area (Å²) in [6.07, 6.45) is 4.71. The zero-order valence-corrected chi connectivity index (χ0v) is 9.54. The van der Waals surface area contributed by atoms with Crippen LogP contribution in [0.3, 0.4) is 0 Å². The van der Waals surface area contributed by atoms with Gasteiger partial charge >= 0.3 is 0 Å². The van der Waals surface area contributed by atoms with Crippen molar-refractivity contribution >= 4 is 12.6 Å². The smallest absolute Gasteiger partial charge is 0.141 e. The highest BCUT2D eigenvalue weighted by molar-refractivity contribution is 7.80. The Kier molecular flexibility index (Phi) is 5.53. The molecule has 0 spiro atoms. The van der Waals surface area contributed by atoms with E-state index in [0.29, 0.717) is 0 Å². The largest absolute Gasteiger partial charge is 0.480 e. The molecule has 0 N–H and O–H groups in total. The van der Waals surface area contributed by atoms with E-state index < -0.39 is 0 Å². The number of hydrogen-bond acceptors (Lipinski definition) is 2. The van der Waals surface area contributed by atoms with Gasteiger partial charge in [-0.25, -0.2) is 0 Å². The maximum Gasteiger partial charge on any atom is 0.141 e. The first-order chi connectivity index (χ1) is 6.83. The van der Waals surface area contributed by atoms with Crippen LogP contribution in [0.15, 0.2) is 30.3 Å². The molecule has 78 valence electrons. The lowest BCUT2D eigenvalue weighted by molar-refractivity contribution is 0.274. The lowest BCUT2D eigenvalue weighted by Gasteiger charge is -2.13. The molecule has 0 amide bonds. The average molecular weight is 210 g/mol. The van der Waals surface area contributed by atoms with Crippen molar-refractivity contribution < 1.29 is 4.74 Å². The van der Waals surface area contributed by atoms with Crippen LogP contribution in [0.1, 0.15) is 32.6 Å². The third-order valence-electron chi connectivity index (χ3n) is 2.07. The molecule has 0 aliphatic carbocycles. The van der Waals surface area contributed by atoms with Gasteiger partial charge in [-0.15, -0.1) is 12.6 Å². The second-order valence-corrected chi connectivity index (χ2v) is 3.96. The van der Waals surface area contributed by atoms with E-state index in [0.717, 1.165) is 12.2 Å². The quantitative estimate of drug-likeness (QED) is 0.425. The summed E-state index contributed by atoms with van der Waals surface area (Å²) in [5.41, 5.74) is 0.0314. The lowest BCUT2D eigenvalue weighted by Crippen LogP contribution is -2.08. The molecule has 1 aromatic carbocycles. The molecule has 0 radical (unpaired) electrons. The van der Waals surface area contributed by atoms with E-state index in [4.69, 9.17) is 4.74 Å². The molecule has 1 unspecified atom stereocenters. The van der Waals surface area contributed by atoms with Gasteiger partial charge in [-0.05, 0) is 25.0 Å². The summed E-state index contributed by atoms with van der Waals surface area (Å²) in [7, 11) is 0. The Hall–Kier alpha value is -0.630. The Morgan fingerprint density at radius 3 is 2.57 bits per heavy atom. The zero-order chi connectivity index (χ0) is 10.2. The van der Waals surface area contributed by atoms with Crippen molar-refractivity contribution in [2.75, 3.05) is 0 Å². The minimum Gasteiger partial charge on any atom is -0.480 e. The van der Waals surface area contributed by atoms with Gasteiger partial charge in [0.2, 0.25) is 0 Å². The summed E-state index contributed by atoms with van der Waals surface area (Å²) < 4.78 is 5.63. The van der Waals surface area contributed by atoms with Crippen LogP contribution in [0.4, 0.5) is 0 Å². The lowest BCUT2D eigenvalue weighted by atomic mass is 10.2. The van der Waals surface area contributed by atoms with Crippen LogP contribution in [0.2, 0.25) is 0 Å². The Morgan fingerprint density at radius 2 is 1.93 bits per heavy atom. The summed E-state index contributed by atoms with van der Waals surface area (Å²) >= 11 is 4.39. The minimum atomic E-state index is 0.0314. The maximum atomic E-state index is 5.63.